The second-order valence-electron chi connectivity index (χ2n) is 16.9. The number of hydrogen-bond donors (Lipinski definition) is 0. The van der Waals surface area contributed by atoms with E-state index in [1.807, 2.05) is 11.3 Å². The molecule has 0 aliphatic rings. The molecule has 0 N–H and O–H groups in total. The average Bonchev–Trinajstić information content (AvgIpc) is 3.93. The van der Waals surface area contributed by atoms with Crippen LogP contribution < -0.4 is 4.90 Å². The minimum atomic E-state index is 1.12. The molecule has 3 heteroatoms. The molecule has 2 aromatic heterocycles. The first-order valence-electron chi connectivity index (χ1n) is 22.2. The molecule has 0 radical (unpaired) electrons. The van der Waals surface area contributed by atoms with Crippen molar-refractivity contribution in [3.05, 3.63) is 243 Å². The number of anilines is 3. The van der Waals surface area contributed by atoms with Crippen LogP contribution in [-0.2, 0) is 0 Å². The van der Waals surface area contributed by atoms with Crippen LogP contribution in [0.1, 0.15) is 0 Å². The van der Waals surface area contributed by atoms with Crippen molar-refractivity contribution >= 4 is 91.9 Å². The molecule has 0 saturated carbocycles. The summed E-state index contributed by atoms with van der Waals surface area (Å²) in [5.41, 5.74) is 14.1. The molecule has 0 amide bonds. The molecule has 2 nitrogen and oxygen atoms in total. The first-order valence-corrected chi connectivity index (χ1v) is 23.1. The van der Waals surface area contributed by atoms with Gasteiger partial charge in [0.05, 0.1) is 27.1 Å². The number of rotatable bonds is 7. The van der Waals surface area contributed by atoms with Gasteiger partial charge in [0, 0.05) is 43.0 Å². The predicted molar refractivity (Wildman–Crippen MR) is 280 cm³/mol. The Morgan fingerprint density at radius 1 is 0.338 bits per heavy atom. The van der Waals surface area contributed by atoms with Crippen molar-refractivity contribution in [2.75, 3.05) is 4.90 Å². The van der Waals surface area contributed by atoms with Crippen molar-refractivity contribution in [3.63, 3.8) is 0 Å². The molecular weight excluding hydrogens is 805 g/mol. The number of thiophene rings is 1. The minimum absolute atomic E-state index is 1.12. The molecule has 0 aliphatic carbocycles. The van der Waals surface area contributed by atoms with E-state index in [1.54, 1.807) is 0 Å². The number of fused-ring (bicyclic) bond motifs is 8. The monoisotopic (exact) mass is 844 g/mol. The van der Waals surface area contributed by atoms with E-state index in [2.05, 4.69) is 252 Å². The standard InChI is InChI=1S/C62H40N2S/c1-3-17-41(18-4-1)46-35-47(42-19-5-2-6-20-42)38-50(37-46)64-57-29-13-11-27-54(57)61-52(28-16-31-58(61)64)48-39-55-53-26-12-14-32-60(53)65-62(55)59(40-48)63(49-34-33-43-21-7-8-23-45(43)36-49)56-30-15-24-44-22-9-10-25-51(44)56/h1-40H. The van der Waals surface area contributed by atoms with Crippen molar-refractivity contribution in [1.82, 2.24) is 4.57 Å². The summed E-state index contributed by atoms with van der Waals surface area (Å²) in [4.78, 5) is 2.51. The highest BCUT2D eigenvalue weighted by molar-refractivity contribution is 7.26. The highest BCUT2D eigenvalue weighted by atomic mass is 32.1. The lowest BCUT2D eigenvalue weighted by Gasteiger charge is -2.28. The third kappa shape index (κ3) is 6.24. The van der Waals surface area contributed by atoms with Crippen LogP contribution in [0, 0.1) is 0 Å². The lowest BCUT2D eigenvalue weighted by Crippen LogP contribution is -2.11. The molecular formula is C62H40N2S. The first-order chi connectivity index (χ1) is 32.2. The third-order valence-electron chi connectivity index (χ3n) is 13.1. The van der Waals surface area contributed by atoms with Crippen LogP contribution in [0.3, 0.4) is 0 Å². The topological polar surface area (TPSA) is 8.17 Å². The molecule has 65 heavy (non-hydrogen) atoms. The van der Waals surface area contributed by atoms with Gasteiger partial charge in [0.1, 0.15) is 0 Å². The molecule has 0 aliphatic heterocycles. The summed E-state index contributed by atoms with van der Waals surface area (Å²) >= 11 is 1.88. The Morgan fingerprint density at radius 2 is 0.954 bits per heavy atom. The normalized spacial score (nSPS) is 11.7. The fraction of sp³-hybridized carbons (Fsp3) is 0. The van der Waals surface area contributed by atoms with Crippen LogP contribution in [-0.4, -0.2) is 4.57 Å². The van der Waals surface area contributed by atoms with Gasteiger partial charge >= 0.3 is 0 Å². The summed E-state index contributed by atoms with van der Waals surface area (Å²) in [6, 6.07) is 89.2. The fourth-order valence-electron chi connectivity index (χ4n) is 10.1. The number of para-hydroxylation sites is 1. The zero-order chi connectivity index (χ0) is 42.8. The van der Waals surface area contributed by atoms with Crippen LogP contribution in [0.2, 0.25) is 0 Å². The Kier molecular flexibility index (Phi) is 8.75. The van der Waals surface area contributed by atoms with E-state index in [0.29, 0.717) is 0 Å². The predicted octanol–water partition coefficient (Wildman–Crippen LogP) is 17.9. The molecule has 304 valence electrons. The van der Waals surface area contributed by atoms with Crippen molar-refractivity contribution in [3.8, 4) is 39.1 Å². The van der Waals surface area contributed by atoms with Gasteiger partial charge in [0.25, 0.3) is 0 Å². The van der Waals surface area contributed by atoms with Crippen molar-refractivity contribution in [2.24, 2.45) is 0 Å². The fourth-order valence-corrected chi connectivity index (χ4v) is 11.3. The van der Waals surface area contributed by atoms with E-state index in [4.69, 9.17) is 0 Å². The van der Waals surface area contributed by atoms with Crippen LogP contribution in [0.15, 0.2) is 243 Å². The van der Waals surface area contributed by atoms with Gasteiger partial charge in [-0.2, -0.15) is 0 Å². The molecule has 0 unspecified atom stereocenters. The van der Waals surface area contributed by atoms with Crippen LogP contribution in [0.25, 0.3) is 103 Å². The molecule has 13 aromatic rings. The zero-order valence-electron chi connectivity index (χ0n) is 35.4. The van der Waals surface area contributed by atoms with Gasteiger partial charge in [-0.25, -0.2) is 0 Å². The second kappa shape index (κ2) is 15.2. The van der Waals surface area contributed by atoms with E-state index in [9.17, 15) is 0 Å². The largest absolute Gasteiger partial charge is 0.309 e. The second-order valence-corrected chi connectivity index (χ2v) is 17.9. The van der Waals surface area contributed by atoms with E-state index in [0.717, 1.165) is 22.7 Å². The lowest BCUT2D eigenvalue weighted by molar-refractivity contribution is 1.18. The summed E-state index contributed by atoms with van der Waals surface area (Å²) in [5.74, 6) is 0. The highest BCUT2D eigenvalue weighted by Crippen LogP contribution is 2.50. The van der Waals surface area contributed by atoms with Gasteiger partial charge in [-0.15, -0.1) is 11.3 Å². The Labute approximate surface area is 381 Å². The lowest BCUT2D eigenvalue weighted by atomic mass is 9.96. The van der Waals surface area contributed by atoms with Gasteiger partial charge in [-0.3, -0.25) is 0 Å². The van der Waals surface area contributed by atoms with E-state index in [1.165, 1.54) is 96.9 Å². The minimum Gasteiger partial charge on any atom is -0.309 e. The Balaban J connectivity index is 1.10. The molecule has 0 atom stereocenters. The zero-order valence-corrected chi connectivity index (χ0v) is 36.2. The number of hydrogen-bond acceptors (Lipinski definition) is 2. The molecule has 2 heterocycles. The quantitative estimate of drug-likeness (QED) is 0.155. The van der Waals surface area contributed by atoms with Crippen molar-refractivity contribution in [1.29, 1.82) is 0 Å². The first kappa shape index (κ1) is 37.3. The molecule has 0 spiro atoms. The molecule has 0 bridgehead atoms. The van der Waals surface area contributed by atoms with Gasteiger partial charge < -0.3 is 9.47 Å². The van der Waals surface area contributed by atoms with E-state index >= 15 is 0 Å². The van der Waals surface area contributed by atoms with Crippen LogP contribution in [0.4, 0.5) is 17.1 Å². The smallest absolute Gasteiger partial charge is 0.0646 e. The summed E-state index contributed by atoms with van der Waals surface area (Å²) in [7, 11) is 0. The average molecular weight is 845 g/mol. The third-order valence-corrected chi connectivity index (χ3v) is 14.3. The molecule has 13 rings (SSSR count). The summed E-state index contributed by atoms with van der Waals surface area (Å²) in [6.07, 6.45) is 0. The molecule has 11 aromatic carbocycles. The maximum absolute atomic E-state index is 2.51. The Bertz CT molecular complexity index is 3890. The number of nitrogens with zero attached hydrogens (tertiary/aromatic N) is 2. The van der Waals surface area contributed by atoms with Gasteiger partial charge in [0.2, 0.25) is 0 Å². The number of aromatic nitrogens is 1. The van der Waals surface area contributed by atoms with E-state index < -0.39 is 0 Å². The Morgan fingerprint density at radius 3 is 1.74 bits per heavy atom. The summed E-state index contributed by atoms with van der Waals surface area (Å²) in [6.45, 7) is 0. The Hall–Kier alpha value is -8.24. The van der Waals surface area contributed by atoms with E-state index in [-0.39, 0.29) is 0 Å². The highest BCUT2D eigenvalue weighted by Gasteiger charge is 2.24. The maximum atomic E-state index is 2.51. The van der Waals surface area contributed by atoms with Crippen LogP contribution >= 0.6 is 11.3 Å². The SMILES string of the molecule is c1ccc(-c2cc(-c3ccccc3)cc(-n3c4ccccc4c4c(-c5cc(N(c6ccc7ccccc7c6)c6cccc7ccccc67)c6sc7ccccc7c6c5)cccc43)c2)cc1. The summed E-state index contributed by atoms with van der Waals surface area (Å²) in [5, 5.41) is 9.85. The molecule has 0 fully saturated rings. The maximum Gasteiger partial charge on any atom is 0.0646 e. The summed E-state index contributed by atoms with van der Waals surface area (Å²) < 4.78 is 5.01. The van der Waals surface area contributed by atoms with Gasteiger partial charge in [-0.1, -0.05) is 176 Å². The van der Waals surface area contributed by atoms with Gasteiger partial charge in [0.15, 0.2) is 0 Å². The number of benzene rings is 11. The molecule has 0 saturated heterocycles. The van der Waals surface area contributed by atoms with Crippen molar-refractivity contribution in [2.45, 2.75) is 0 Å². The van der Waals surface area contributed by atoms with Crippen molar-refractivity contribution < 1.29 is 0 Å². The van der Waals surface area contributed by atoms with Gasteiger partial charge in [-0.05, 0) is 116 Å². The van der Waals surface area contributed by atoms with Crippen LogP contribution in [0.5, 0.6) is 0 Å².